The number of amides is 1. The molecule has 4 nitrogen and oxygen atoms in total. The van der Waals surface area contributed by atoms with Crippen molar-refractivity contribution in [3.05, 3.63) is 24.0 Å². The lowest BCUT2D eigenvalue weighted by Crippen LogP contribution is -2.21. The third-order valence-corrected chi connectivity index (χ3v) is 1.95. The number of nitrogens with zero attached hydrogens (tertiary/aromatic N) is 2. The normalized spacial score (nSPS) is 12.4. The van der Waals surface area contributed by atoms with Crippen LogP contribution in [0.25, 0.3) is 0 Å². The van der Waals surface area contributed by atoms with Gasteiger partial charge in [-0.1, -0.05) is 6.92 Å². The van der Waals surface area contributed by atoms with Gasteiger partial charge in [-0.2, -0.15) is 10.2 Å². The van der Waals surface area contributed by atoms with Crippen molar-refractivity contribution in [2.45, 2.75) is 19.8 Å². The number of carbonyl (C=O) groups excluding carboxylic acids is 1. The molecule has 1 aromatic heterocycles. The van der Waals surface area contributed by atoms with E-state index in [4.69, 9.17) is 5.73 Å². The van der Waals surface area contributed by atoms with Crippen LogP contribution in [0, 0.1) is 5.92 Å². The van der Waals surface area contributed by atoms with Gasteiger partial charge in [0.25, 0.3) is 0 Å². The molecule has 0 aliphatic heterocycles. The lowest BCUT2D eigenvalue weighted by Gasteiger charge is -2.04. The fourth-order valence-electron chi connectivity index (χ4n) is 0.973. The Labute approximate surface area is 77.2 Å². The predicted octanol–water partition coefficient (Wildman–Crippen LogP) is 0.531. The predicted molar refractivity (Wildman–Crippen MR) is 48.7 cm³/mol. The average Bonchev–Trinajstić information content (AvgIpc) is 2.15. The highest BCUT2D eigenvalue weighted by atomic mass is 16.1. The molecular weight excluding hydrogens is 166 g/mol. The van der Waals surface area contributed by atoms with E-state index in [-0.39, 0.29) is 11.8 Å². The number of nitrogens with two attached hydrogens (primary N) is 1. The lowest BCUT2D eigenvalue weighted by molar-refractivity contribution is -0.121. The summed E-state index contributed by atoms with van der Waals surface area (Å²) in [6.45, 7) is 1.82. The zero-order valence-corrected chi connectivity index (χ0v) is 7.60. The Kier molecular flexibility index (Phi) is 3.37. The molecule has 0 fully saturated rings. The van der Waals surface area contributed by atoms with E-state index in [0.717, 1.165) is 18.5 Å². The number of hydrogen-bond acceptors (Lipinski definition) is 3. The Hall–Kier alpha value is -1.45. The van der Waals surface area contributed by atoms with Crippen LogP contribution in [0.1, 0.15) is 19.0 Å². The van der Waals surface area contributed by atoms with E-state index in [1.165, 1.54) is 0 Å². The summed E-state index contributed by atoms with van der Waals surface area (Å²) in [5.41, 5.74) is 6.02. The van der Waals surface area contributed by atoms with Crippen LogP contribution in [0.3, 0.4) is 0 Å². The maximum Gasteiger partial charge on any atom is 0.220 e. The van der Waals surface area contributed by atoms with Gasteiger partial charge in [-0.3, -0.25) is 4.79 Å². The lowest BCUT2D eigenvalue weighted by atomic mass is 10.0. The maximum atomic E-state index is 10.7. The molecule has 0 aliphatic carbocycles. The van der Waals surface area contributed by atoms with E-state index >= 15 is 0 Å². The summed E-state index contributed by atoms with van der Waals surface area (Å²) in [6.07, 6.45) is 3.10. The van der Waals surface area contributed by atoms with E-state index in [2.05, 4.69) is 10.2 Å². The summed E-state index contributed by atoms with van der Waals surface area (Å²) in [6, 6.07) is 3.72. The van der Waals surface area contributed by atoms with Crippen molar-refractivity contribution in [1.29, 1.82) is 0 Å². The Morgan fingerprint density at radius 2 is 2.46 bits per heavy atom. The molecule has 1 heterocycles. The van der Waals surface area contributed by atoms with Gasteiger partial charge in [0.2, 0.25) is 5.91 Å². The number of aryl methyl sites for hydroxylation is 1. The minimum absolute atomic E-state index is 0.0954. The Balaban J connectivity index is 2.39. The summed E-state index contributed by atoms with van der Waals surface area (Å²) in [7, 11) is 0. The first kappa shape index (κ1) is 9.64. The molecule has 1 aromatic rings. The van der Waals surface area contributed by atoms with Crippen molar-refractivity contribution in [3.63, 3.8) is 0 Å². The van der Waals surface area contributed by atoms with Crippen LogP contribution in [0.15, 0.2) is 18.3 Å². The van der Waals surface area contributed by atoms with Gasteiger partial charge in [0, 0.05) is 12.1 Å². The Morgan fingerprint density at radius 1 is 1.69 bits per heavy atom. The molecule has 70 valence electrons. The first-order valence-electron chi connectivity index (χ1n) is 4.26. The number of hydrogen-bond donors (Lipinski definition) is 1. The highest BCUT2D eigenvalue weighted by Gasteiger charge is 2.08. The SMILES string of the molecule is C[C@@H](CCc1cccnn1)C(N)=O. The topological polar surface area (TPSA) is 68.9 Å². The van der Waals surface area contributed by atoms with Gasteiger partial charge in [0.05, 0.1) is 5.69 Å². The van der Waals surface area contributed by atoms with Crippen molar-refractivity contribution >= 4 is 5.91 Å². The molecule has 0 radical (unpaired) electrons. The molecule has 4 heteroatoms. The molecule has 0 spiro atoms. The maximum absolute atomic E-state index is 10.7. The van der Waals surface area contributed by atoms with Crippen molar-refractivity contribution in [2.75, 3.05) is 0 Å². The fourth-order valence-corrected chi connectivity index (χ4v) is 0.973. The van der Waals surface area contributed by atoms with Crippen molar-refractivity contribution in [1.82, 2.24) is 10.2 Å². The summed E-state index contributed by atoms with van der Waals surface area (Å²) >= 11 is 0. The van der Waals surface area contributed by atoms with Gasteiger partial charge < -0.3 is 5.73 Å². The third-order valence-electron chi connectivity index (χ3n) is 1.95. The minimum Gasteiger partial charge on any atom is -0.369 e. The van der Waals surface area contributed by atoms with E-state index in [9.17, 15) is 4.79 Å². The summed E-state index contributed by atoms with van der Waals surface area (Å²) in [4.78, 5) is 10.7. The standard InChI is InChI=1S/C9H13N3O/c1-7(9(10)13)4-5-8-3-2-6-11-12-8/h2-3,6-7H,4-5H2,1H3,(H2,10,13)/t7-/m0/s1. The van der Waals surface area contributed by atoms with E-state index in [0.29, 0.717) is 0 Å². The summed E-state index contributed by atoms with van der Waals surface area (Å²) in [5, 5.41) is 7.65. The van der Waals surface area contributed by atoms with Gasteiger partial charge in [0.15, 0.2) is 0 Å². The third kappa shape index (κ3) is 3.19. The van der Waals surface area contributed by atoms with Crippen LogP contribution in [-0.4, -0.2) is 16.1 Å². The van der Waals surface area contributed by atoms with E-state index in [1.54, 1.807) is 6.20 Å². The van der Waals surface area contributed by atoms with Crippen LogP contribution in [0.5, 0.6) is 0 Å². The number of carbonyl (C=O) groups is 1. The Morgan fingerprint density at radius 3 is 3.00 bits per heavy atom. The van der Waals surface area contributed by atoms with Gasteiger partial charge in [-0.25, -0.2) is 0 Å². The molecule has 0 unspecified atom stereocenters. The molecule has 0 saturated heterocycles. The summed E-state index contributed by atoms with van der Waals surface area (Å²) < 4.78 is 0. The molecule has 1 atom stereocenters. The second-order valence-corrected chi connectivity index (χ2v) is 3.06. The van der Waals surface area contributed by atoms with Crippen molar-refractivity contribution in [2.24, 2.45) is 11.7 Å². The van der Waals surface area contributed by atoms with Gasteiger partial charge in [-0.15, -0.1) is 0 Å². The van der Waals surface area contributed by atoms with Crippen LogP contribution in [-0.2, 0) is 11.2 Å². The smallest absolute Gasteiger partial charge is 0.220 e. The number of rotatable bonds is 4. The minimum atomic E-state index is -0.260. The molecule has 0 aromatic carbocycles. The number of primary amides is 1. The van der Waals surface area contributed by atoms with Crippen LogP contribution in [0.4, 0.5) is 0 Å². The summed E-state index contributed by atoms with van der Waals surface area (Å²) in [5.74, 6) is -0.356. The largest absolute Gasteiger partial charge is 0.369 e. The quantitative estimate of drug-likeness (QED) is 0.733. The van der Waals surface area contributed by atoms with E-state index in [1.807, 2.05) is 19.1 Å². The van der Waals surface area contributed by atoms with Crippen LogP contribution in [0.2, 0.25) is 0 Å². The molecule has 0 bridgehead atoms. The zero-order chi connectivity index (χ0) is 9.68. The van der Waals surface area contributed by atoms with Crippen molar-refractivity contribution in [3.8, 4) is 0 Å². The molecule has 0 saturated carbocycles. The molecule has 2 N–H and O–H groups in total. The second kappa shape index (κ2) is 4.54. The first-order valence-corrected chi connectivity index (χ1v) is 4.26. The molecule has 1 amide bonds. The van der Waals surface area contributed by atoms with E-state index < -0.39 is 0 Å². The Bertz CT molecular complexity index is 273. The van der Waals surface area contributed by atoms with Crippen LogP contribution >= 0.6 is 0 Å². The van der Waals surface area contributed by atoms with Crippen molar-refractivity contribution < 1.29 is 4.79 Å². The fraction of sp³-hybridized carbons (Fsp3) is 0.444. The van der Waals surface area contributed by atoms with Gasteiger partial charge in [0.1, 0.15) is 0 Å². The highest BCUT2D eigenvalue weighted by molar-refractivity contribution is 5.76. The molecule has 0 aliphatic rings. The van der Waals surface area contributed by atoms with Crippen LogP contribution < -0.4 is 5.73 Å². The molecular formula is C9H13N3O. The number of aromatic nitrogens is 2. The van der Waals surface area contributed by atoms with Gasteiger partial charge >= 0.3 is 0 Å². The highest BCUT2D eigenvalue weighted by Crippen LogP contribution is 2.05. The second-order valence-electron chi connectivity index (χ2n) is 3.06. The zero-order valence-electron chi connectivity index (χ0n) is 7.60. The monoisotopic (exact) mass is 179 g/mol. The first-order chi connectivity index (χ1) is 6.20. The average molecular weight is 179 g/mol. The van der Waals surface area contributed by atoms with Gasteiger partial charge in [-0.05, 0) is 25.0 Å². The molecule has 13 heavy (non-hydrogen) atoms. The molecule has 1 rings (SSSR count).